The van der Waals surface area contributed by atoms with Gasteiger partial charge in [0.1, 0.15) is 12.4 Å². The van der Waals surface area contributed by atoms with Crippen LogP contribution in [0.25, 0.3) is 0 Å². The minimum Gasteiger partial charge on any atom is -0.480 e. The van der Waals surface area contributed by atoms with E-state index in [0.717, 1.165) is 16.8 Å². The molecule has 2 rings (SSSR count). The number of nitrogens with zero attached hydrogens (tertiary/aromatic N) is 1. The maximum atomic E-state index is 6.03. The lowest BCUT2D eigenvalue weighted by Crippen LogP contribution is -1.97. The molecule has 0 heterocycles. The Hall–Kier alpha value is -2.24. The summed E-state index contributed by atoms with van der Waals surface area (Å²) in [4.78, 5) is 4.53. The number of benzene rings is 2. The predicted octanol–water partition coefficient (Wildman–Crippen LogP) is 4.72. The monoisotopic (exact) mass is 297 g/mol. The fourth-order valence-corrected chi connectivity index (χ4v) is 2.05. The number of aliphatic imine (C=N–C) groups is 1. The van der Waals surface area contributed by atoms with Crippen LogP contribution in [0.2, 0.25) is 5.02 Å². The van der Waals surface area contributed by atoms with Crippen LogP contribution in [-0.4, -0.2) is 12.8 Å². The molecule has 0 bridgehead atoms. The first kappa shape index (κ1) is 15.2. The standard InChI is InChI=1S/C18H16ClNO/c1-4-9-21-18-8-7-16(19)11-15(18)12-20-17-10-13(2)5-6-14(17)3/h1,5-8,10-12H,9H2,2-3H3. The van der Waals surface area contributed by atoms with E-state index in [0.29, 0.717) is 10.8 Å². The lowest BCUT2D eigenvalue weighted by Gasteiger charge is -2.07. The first-order chi connectivity index (χ1) is 10.1. The van der Waals surface area contributed by atoms with Gasteiger partial charge in [0, 0.05) is 16.8 Å². The zero-order valence-electron chi connectivity index (χ0n) is 12.1. The summed E-state index contributed by atoms with van der Waals surface area (Å²) in [7, 11) is 0. The van der Waals surface area contributed by atoms with Crippen molar-refractivity contribution in [3.05, 3.63) is 58.1 Å². The van der Waals surface area contributed by atoms with E-state index in [1.165, 1.54) is 5.56 Å². The van der Waals surface area contributed by atoms with Gasteiger partial charge in [-0.3, -0.25) is 4.99 Å². The molecule has 0 saturated heterocycles. The van der Waals surface area contributed by atoms with Crippen molar-refractivity contribution in [2.45, 2.75) is 13.8 Å². The van der Waals surface area contributed by atoms with Crippen LogP contribution in [0.3, 0.4) is 0 Å². The first-order valence-electron chi connectivity index (χ1n) is 6.57. The number of terminal acetylenes is 1. The summed E-state index contributed by atoms with van der Waals surface area (Å²) in [5.41, 5.74) is 4.02. The summed E-state index contributed by atoms with van der Waals surface area (Å²) in [6.07, 6.45) is 6.97. The van der Waals surface area contributed by atoms with Crippen molar-refractivity contribution in [1.82, 2.24) is 0 Å². The Morgan fingerprint density at radius 2 is 2.05 bits per heavy atom. The van der Waals surface area contributed by atoms with Gasteiger partial charge in [-0.05, 0) is 49.2 Å². The number of halogens is 1. The normalized spacial score (nSPS) is 10.6. The summed E-state index contributed by atoms with van der Waals surface area (Å²) < 4.78 is 5.50. The second-order valence-electron chi connectivity index (χ2n) is 4.72. The van der Waals surface area contributed by atoms with Gasteiger partial charge in [-0.1, -0.05) is 29.7 Å². The molecule has 0 atom stereocenters. The SMILES string of the molecule is C#CCOc1ccc(Cl)cc1C=Nc1cc(C)ccc1C. The summed E-state index contributed by atoms with van der Waals surface area (Å²) in [6.45, 7) is 4.28. The van der Waals surface area contributed by atoms with Crippen LogP contribution >= 0.6 is 11.6 Å². The Labute approximate surface area is 130 Å². The van der Waals surface area contributed by atoms with Crippen molar-refractivity contribution in [1.29, 1.82) is 0 Å². The predicted molar refractivity (Wildman–Crippen MR) is 89.0 cm³/mol. The lowest BCUT2D eigenvalue weighted by atomic mass is 10.1. The van der Waals surface area contributed by atoms with Crippen molar-refractivity contribution < 1.29 is 4.74 Å². The minimum absolute atomic E-state index is 0.214. The highest BCUT2D eigenvalue weighted by molar-refractivity contribution is 6.30. The molecule has 0 aliphatic rings. The van der Waals surface area contributed by atoms with Gasteiger partial charge >= 0.3 is 0 Å². The van der Waals surface area contributed by atoms with E-state index < -0.39 is 0 Å². The molecule has 0 radical (unpaired) electrons. The average Bonchev–Trinajstić information content (AvgIpc) is 2.47. The second kappa shape index (κ2) is 6.97. The second-order valence-corrected chi connectivity index (χ2v) is 5.16. The topological polar surface area (TPSA) is 21.6 Å². The van der Waals surface area contributed by atoms with Gasteiger partial charge in [0.15, 0.2) is 0 Å². The molecule has 0 fully saturated rings. The van der Waals surface area contributed by atoms with Gasteiger partial charge in [0.25, 0.3) is 0 Å². The minimum atomic E-state index is 0.214. The van der Waals surface area contributed by atoms with Crippen LogP contribution in [-0.2, 0) is 0 Å². The van der Waals surface area contributed by atoms with Gasteiger partial charge in [-0.15, -0.1) is 6.42 Å². The zero-order valence-corrected chi connectivity index (χ0v) is 12.8. The Kier molecular flexibility index (Phi) is 5.03. The summed E-state index contributed by atoms with van der Waals surface area (Å²) in [6, 6.07) is 11.5. The Morgan fingerprint density at radius 3 is 2.81 bits per heavy atom. The quantitative estimate of drug-likeness (QED) is 0.591. The van der Waals surface area contributed by atoms with Gasteiger partial charge in [-0.25, -0.2) is 0 Å². The Morgan fingerprint density at radius 1 is 1.24 bits per heavy atom. The highest BCUT2D eigenvalue weighted by Crippen LogP contribution is 2.24. The van der Waals surface area contributed by atoms with Crippen molar-refractivity contribution in [2.24, 2.45) is 4.99 Å². The molecule has 0 aromatic heterocycles. The molecular formula is C18H16ClNO. The van der Waals surface area contributed by atoms with Crippen LogP contribution < -0.4 is 4.74 Å². The highest BCUT2D eigenvalue weighted by atomic mass is 35.5. The van der Waals surface area contributed by atoms with Gasteiger partial charge < -0.3 is 4.74 Å². The van der Waals surface area contributed by atoms with E-state index in [2.05, 4.69) is 23.0 Å². The molecule has 2 aromatic carbocycles. The number of hydrogen-bond acceptors (Lipinski definition) is 2. The van der Waals surface area contributed by atoms with Crippen molar-refractivity contribution >= 4 is 23.5 Å². The maximum Gasteiger partial charge on any atom is 0.148 e. The lowest BCUT2D eigenvalue weighted by molar-refractivity contribution is 0.370. The number of hydrogen-bond donors (Lipinski definition) is 0. The summed E-state index contributed by atoms with van der Waals surface area (Å²) >= 11 is 6.03. The van der Waals surface area contributed by atoms with Crippen molar-refractivity contribution in [2.75, 3.05) is 6.61 Å². The molecule has 0 aliphatic carbocycles. The molecule has 0 N–H and O–H groups in total. The molecule has 2 nitrogen and oxygen atoms in total. The van der Waals surface area contributed by atoms with Gasteiger partial charge in [0.05, 0.1) is 5.69 Å². The average molecular weight is 298 g/mol. The summed E-state index contributed by atoms with van der Waals surface area (Å²) in [5, 5.41) is 0.630. The van der Waals surface area contributed by atoms with E-state index in [4.69, 9.17) is 22.8 Å². The van der Waals surface area contributed by atoms with Crippen LogP contribution in [0.15, 0.2) is 41.4 Å². The smallest absolute Gasteiger partial charge is 0.148 e. The molecule has 21 heavy (non-hydrogen) atoms. The van der Waals surface area contributed by atoms with Crippen molar-refractivity contribution in [3.63, 3.8) is 0 Å². The van der Waals surface area contributed by atoms with Crippen molar-refractivity contribution in [3.8, 4) is 18.1 Å². The van der Waals surface area contributed by atoms with E-state index in [9.17, 15) is 0 Å². The number of aryl methyl sites for hydroxylation is 2. The van der Waals surface area contributed by atoms with Gasteiger partial charge in [-0.2, -0.15) is 0 Å². The van der Waals surface area contributed by atoms with E-state index >= 15 is 0 Å². The molecule has 106 valence electrons. The third-order valence-corrected chi connectivity index (χ3v) is 3.23. The first-order valence-corrected chi connectivity index (χ1v) is 6.95. The largest absolute Gasteiger partial charge is 0.480 e. The van der Waals surface area contributed by atoms with Gasteiger partial charge in [0.2, 0.25) is 0 Å². The number of rotatable bonds is 4. The zero-order chi connectivity index (χ0) is 15.2. The van der Waals surface area contributed by atoms with Crippen LogP contribution in [0, 0.1) is 26.2 Å². The molecular weight excluding hydrogens is 282 g/mol. The maximum absolute atomic E-state index is 6.03. The molecule has 0 spiro atoms. The highest BCUT2D eigenvalue weighted by Gasteiger charge is 2.03. The van der Waals surface area contributed by atoms with E-state index in [1.807, 2.05) is 26.0 Å². The van der Waals surface area contributed by atoms with Crippen LogP contribution in [0.4, 0.5) is 5.69 Å². The van der Waals surface area contributed by atoms with Crippen LogP contribution in [0.5, 0.6) is 5.75 Å². The molecule has 0 saturated carbocycles. The molecule has 0 unspecified atom stereocenters. The third kappa shape index (κ3) is 4.11. The van der Waals surface area contributed by atoms with E-state index in [-0.39, 0.29) is 6.61 Å². The third-order valence-electron chi connectivity index (χ3n) is 2.99. The summed E-state index contributed by atoms with van der Waals surface area (Å²) in [5.74, 6) is 3.12. The molecule has 3 heteroatoms. The molecule has 0 aliphatic heterocycles. The Bertz CT molecular complexity index is 714. The fraction of sp³-hybridized carbons (Fsp3) is 0.167. The molecule has 0 amide bonds. The molecule has 2 aromatic rings. The van der Waals surface area contributed by atoms with E-state index in [1.54, 1.807) is 18.3 Å². The Balaban J connectivity index is 2.33. The number of ether oxygens (including phenoxy) is 1. The fourth-order valence-electron chi connectivity index (χ4n) is 1.87. The van der Waals surface area contributed by atoms with Crippen LogP contribution in [0.1, 0.15) is 16.7 Å².